The third-order valence-corrected chi connectivity index (χ3v) is 4.70. The Kier molecular flexibility index (Phi) is 4.50. The van der Waals surface area contributed by atoms with Crippen LogP contribution in [0.4, 0.5) is 0 Å². The first-order valence-electron chi connectivity index (χ1n) is 8.69. The van der Waals surface area contributed by atoms with Gasteiger partial charge in [-0.2, -0.15) is 0 Å². The Labute approximate surface area is 151 Å². The van der Waals surface area contributed by atoms with Gasteiger partial charge in [-0.1, -0.05) is 35.5 Å². The fourth-order valence-electron chi connectivity index (χ4n) is 3.26. The SMILES string of the molecule is Cc1ncc2c(c1CNC(=O)c1cc(-c3ccccc3)on1)CCNC2. The van der Waals surface area contributed by atoms with Gasteiger partial charge < -0.3 is 15.2 Å². The molecule has 2 aromatic heterocycles. The molecule has 0 saturated heterocycles. The minimum Gasteiger partial charge on any atom is -0.355 e. The zero-order valence-corrected chi connectivity index (χ0v) is 14.6. The number of fused-ring (bicyclic) bond motifs is 1. The molecule has 0 bridgehead atoms. The van der Waals surface area contributed by atoms with Crippen molar-refractivity contribution in [1.29, 1.82) is 0 Å². The maximum absolute atomic E-state index is 12.5. The van der Waals surface area contributed by atoms with Crippen molar-refractivity contribution < 1.29 is 9.32 Å². The minimum absolute atomic E-state index is 0.248. The van der Waals surface area contributed by atoms with Crippen molar-refractivity contribution in [2.75, 3.05) is 6.54 Å². The fraction of sp³-hybridized carbons (Fsp3) is 0.250. The smallest absolute Gasteiger partial charge is 0.273 e. The van der Waals surface area contributed by atoms with Crippen molar-refractivity contribution in [2.45, 2.75) is 26.4 Å². The molecule has 6 nitrogen and oxygen atoms in total. The van der Waals surface area contributed by atoms with E-state index >= 15 is 0 Å². The Balaban J connectivity index is 1.49. The molecule has 2 N–H and O–H groups in total. The van der Waals surface area contributed by atoms with Gasteiger partial charge in [0.25, 0.3) is 5.91 Å². The summed E-state index contributed by atoms with van der Waals surface area (Å²) in [5.74, 6) is 0.332. The summed E-state index contributed by atoms with van der Waals surface area (Å²) in [6.45, 7) is 4.19. The lowest BCUT2D eigenvalue weighted by Crippen LogP contribution is -2.29. The third kappa shape index (κ3) is 3.23. The minimum atomic E-state index is -0.248. The number of rotatable bonds is 4. The number of nitrogens with one attached hydrogen (secondary N) is 2. The summed E-state index contributed by atoms with van der Waals surface area (Å²) in [4.78, 5) is 16.9. The number of hydrogen-bond donors (Lipinski definition) is 2. The van der Waals surface area contributed by atoms with E-state index in [0.717, 1.165) is 36.3 Å². The van der Waals surface area contributed by atoms with Crippen LogP contribution < -0.4 is 10.6 Å². The maximum atomic E-state index is 12.5. The number of hydrogen-bond acceptors (Lipinski definition) is 5. The molecule has 0 fully saturated rings. The normalized spacial score (nSPS) is 13.3. The number of nitrogens with zero attached hydrogens (tertiary/aromatic N) is 2. The molecule has 0 aliphatic carbocycles. The van der Waals surface area contributed by atoms with Gasteiger partial charge in [0.1, 0.15) is 0 Å². The van der Waals surface area contributed by atoms with Gasteiger partial charge in [-0.05, 0) is 36.6 Å². The summed E-state index contributed by atoms with van der Waals surface area (Å²) >= 11 is 0. The lowest BCUT2D eigenvalue weighted by molar-refractivity contribution is 0.0941. The molecule has 6 heteroatoms. The molecule has 3 heterocycles. The van der Waals surface area contributed by atoms with Crippen LogP contribution in [0.25, 0.3) is 11.3 Å². The maximum Gasteiger partial charge on any atom is 0.273 e. The third-order valence-electron chi connectivity index (χ3n) is 4.70. The molecule has 3 aromatic rings. The quantitative estimate of drug-likeness (QED) is 0.758. The number of aryl methyl sites for hydroxylation is 1. The van der Waals surface area contributed by atoms with Crippen LogP contribution in [-0.4, -0.2) is 22.6 Å². The zero-order valence-electron chi connectivity index (χ0n) is 14.6. The molecule has 0 spiro atoms. The van der Waals surface area contributed by atoms with E-state index in [4.69, 9.17) is 4.52 Å². The molecule has 0 atom stereocenters. The van der Waals surface area contributed by atoms with Crippen molar-refractivity contribution in [3.05, 3.63) is 70.7 Å². The van der Waals surface area contributed by atoms with Gasteiger partial charge in [0.2, 0.25) is 0 Å². The topological polar surface area (TPSA) is 80.1 Å². The van der Waals surface area contributed by atoms with Crippen LogP contribution in [0.15, 0.2) is 47.1 Å². The molecule has 26 heavy (non-hydrogen) atoms. The Morgan fingerprint density at radius 1 is 1.31 bits per heavy atom. The molecule has 132 valence electrons. The van der Waals surface area contributed by atoms with Crippen molar-refractivity contribution in [1.82, 2.24) is 20.8 Å². The van der Waals surface area contributed by atoms with Gasteiger partial charge in [-0.25, -0.2) is 0 Å². The van der Waals surface area contributed by atoms with Crippen LogP contribution in [0.2, 0.25) is 0 Å². The largest absolute Gasteiger partial charge is 0.355 e. The molecule has 0 unspecified atom stereocenters. The van der Waals surface area contributed by atoms with E-state index in [2.05, 4.69) is 20.8 Å². The average Bonchev–Trinajstić information content (AvgIpc) is 3.18. The van der Waals surface area contributed by atoms with Gasteiger partial charge in [0.05, 0.1) is 0 Å². The van der Waals surface area contributed by atoms with Gasteiger partial charge >= 0.3 is 0 Å². The molecular weight excluding hydrogens is 328 g/mol. The molecule has 1 aromatic carbocycles. The van der Waals surface area contributed by atoms with Crippen LogP contribution in [0.1, 0.15) is 32.9 Å². The van der Waals surface area contributed by atoms with Gasteiger partial charge in [0.15, 0.2) is 11.5 Å². The van der Waals surface area contributed by atoms with E-state index in [1.54, 1.807) is 6.07 Å². The number of benzene rings is 1. The number of pyridine rings is 1. The Morgan fingerprint density at radius 3 is 3.00 bits per heavy atom. The molecule has 4 rings (SSSR count). The van der Waals surface area contributed by atoms with Crippen LogP contribution in [0.3, 0.4) is 0 Å². The first-order chi connectivity index (χ1) is 12.7. The van der Waals surface area contributed by atoms with Crippen LogP contribution >= 0.6 is 0 Å². The van der Waals surface area contributed by atoms with Crippen LogP contribution in [0.5, 0.6) is 0 Å². The first kappa shape index (κ1) is 16.5. The number of carbonyl (C=O) groups is 1. The summed E-state index contributed by atoms with van der Waals surface area (Å²) in [7, 11) is 0. The van der Waals surface area contributed by atoms with E-state index in [1.165, 1.54) is 11.1 Å². The van der Waals surface area contributed by atoms with Crippen molar-refractivity contribution in [3.8, 4) is 11.3 Å². The van der Waals surface area contributed by atoms with Crippen LogP contribution in [0, 0.1) is 6.92 Å². The molecule has 1 aliphatic rings. The first-order valence-corrected chi connectivity index (χ1v) is 8.69. The highest BCUT2D eigenvalue weighted by Crippen LogP contribution is 2.21. The molecule has 1 aliphatic heterocycles. The number of aromatic nitrogens is 2. The number of amides is 1. The molecule has 0 saturated carbocycles. The Bertz CT molecular complexity index is 934. The fourth-order valence-corrected chi connectivity index (χ4v) is 3.26. The average molecular weight is 348 g/mol. The predicted molar refractivity (Wildman–Crippen MR) is 97.5 cm³/mol. The van der Waals surface area contributed by atoms with E-state index in [1.807, 2.05) is 43.5 Å². The molecular formula is C20H20N4O2. The lowest BCUT2D eigenvalue weighted by Gasteiger charge is -2.21. The summed E-state index contributed by atoms with van der Waals surface area (Å²) in [6.07, 6.45) is 2.87. The van der Waals surface area contributed by atoms with E-state index < -0.39 is 0 Å². The Hall–Kier alpha value is -2.99. The monoisotopic (exact) mass is 348 g/mol. The van der Waals surface area contributed by atoms with Crippen LogP contribution in [-0.2, 0) is 19.5 Å². The summed E-state index contributed by atoms with van der Waals surface area (Å²) in [5, 5.41) is 10.2. The predicted octanol–water partition coefficient (Wildman–Crippen LogP) is 2.62. The van der Waals surface area contributed by atoms with E-state index in [0.29, 0.717) is 12.3 Å². The Morgan fingerprint density at radius 2 is 2.15 bits per heavy atom. The lowest BCUT2D eigenvalue weighted by atomic mass is 9.96. The highest BCUT2D eigenvalue weighted by atomic mass is 16.5. The van der Waals surface area contributed by atoms with Gasteiger partial charge in [0, 0.05) is 36.6 Å². The summed E-state index contributed by atoms with van der Waals surface area (Å²) < 4.78 is 5.31. The standard InChI is InChI=1S/C20H20N4O2/c1-13-17(16-7-8-21-10-15(16)11-22-13)12-23-20(25)18-9-19(26-24-18)14-5-3-2-4-6-14/h2-6,9,11,21H,7-8,10,12H2,1H3,(H,23,25). The molecule has 0 radical (unpaired) electrons. The van der Waals surface area contributed by atoms with Crippen molar-refractivity contribution in [3.63, 3.8) is 0 Å². The van der Waals surface area contributed by atoms with Gasteiger partial charge in [-0.15, -0.1) is 0 Å². The van der Waals surface area contributed by atoms with E-state index in [9.17, 15) is 4.79 Å². The summed E-state index contributed by atoms with van der Waals surface area (Å²) in [5.41, 5.74) is 5.73. The number of carbonyl (C=O) groups excluding carboxylic acids is 1. The van der Waals surface area contributed by atoms with Gasteiger partial charge in [-0.3, -0.25) is 9.78 Å². The van der Waals surface area contributed by atoms with Crippen molar-refractivity contribution >= 4 is 5.91 Å². The zero-order chi connectivity index (χ0) is 17.9. The second-order valence-electron chi connectivity index (χ2n) is 6.38. The molecule has 1 amide bonds. The van der Waals surface area contributed by atoms with E-state index in [-0.39, 0.29) is 11.6 Å². The summed E-state index contributed by atoms with van der Waals surface area (Å²) in [6, 6.07) is 11.3. The van der Waals surface area contributed by atoms with Crippen molar-refractivity contribution in [2.24, 2.45) is 0 Å². The second kappa shape index (κ2) is 7.09. The second-order valence-corrected chi connectivity index (χ2v) is 6.38. The highest BCUT2D eigenvalue weighted by Gasteiger charge is 2.18. The highest BCUT2D eigenvalue weighted by molar-refractivity contribution is 5.93.